The molecule has 1 heterocycles. The minimum atomic E-state index is -0.824. The van der Waals surface area contributed by atoms with Gasteiger partial charge in [-0.25, -0.2) is 4.98 Å². The molecule has 1 aromatic heterocycles. The van der Waals surface area contributed by atoms with Gasteiger partial charge < -0.3 is 5.11 Å². The first-order valence-electron chi connectivity index (χ1n) is 5.77. The summed E-state index contributed by atoms with van der Waals surface area (Å²) in [5.41, 5.74) is 3.81. The molecule has 1 aromatic carbocycles. The van der Waals surface area contributed by atoms with E-state index in [2.05, 4.69) is 4.98 Å². The van der Waals surface area contributed by atoms with E-state index < -0.39 is 5.97 Å². The van der Waals surface area contributed by atoms with E-state index in [1.165, 1.54) is 0 Å². The summed E-state index contributed by atoms with van der Waals surface area (Å²) < 4.78 is 0. The largest absolute Gasteiger partial charge is 0.481 e. The summed E-state index contributed by atoms with van der Waals surface area (Å²) in [7, 11) is 0. The molecule has 0 bridgehead atoms. The summed E-state index contributed by atoms with van der Waals surface area (Å²) in [6, 6.07) is 5.95. The maximum atomic E-state index is 10.6. The Kier molecular flexibility index (Phi) is 3.53. The lowest BCUT2D eigenvalue weighted by Gasteiger charge is -2.11. The number of aliphatic carboxylic acids is 1. The molecule has 0 amide bonds. The number of aryl methyl sites for hydroxylation is 2. The van der Waals surface area contributed by atoms with Crippen LogP contribution >= 0.6 is 11.6 Å². The van der Waals surface area contributed by atoms with E-state index in [-0.39, 0.29) is 6.42 Å². The van der Waals surface area contributed by atoms with E-state index >= 15 is 0 Å². The molecule has 0 spiro atoms. The molecule has 0 aliphatic rings. The highest BCUT2D eigenvalue weighted by molar-refractivity contribution is 6.30. The maximum absolute atomic E-state index is 10.6. The number of pyridine rings is 1. The zero-order chi connectivity index (χ0) is 13.3. The zero-order valence-corrected chi connectivity index (χ0v) is 11.1. The Hall–Kier alpha value is -1.61. The second kappa shape index (κ2) is 4.94. The number of benzene rings is 1. The first-order valence-corrected chi connectivity index (χ1v) is 6.14. The highest BCUT2D eigenvalue weighted by atomic mass is 35.5. The molecule has 0 saturated heterocycles. The van der Waals surface area contributed by atoms with Crippen LogP contribution in [0.3, 0.4) is 0 Å². The van der Waals surface area contributed by atoms with Crippen molar-refractivity contribution in [3.05, 3.63) is 40.0 Å². The Balaban J connectivity index is 2.58. The minimum Gasteiger partial charge on any atom is -0.481 e. The van der Waals surface area contributed by atoms with Crippen LogP contribution in [-0.4, -0.2) is 16.1 Å². The Morgan fingerprint density at radius 3 is 2.78 bits per heavy atom. The van der Waals surface area contributed by atoms with Gasteiger partial charge in [0.2, 0.25) is 0 Å². The fourth-order valence-corrected chi connectivity index (χ4v) is 2.44. The lowest BCUT2D eigenvalue weighted by molar-refractivity contribution is -0.136. The van der Waals surface area contributed by atoms with Crippen LogP contribution in [0.15, 0.2) is 18.2 Å². The minimum absolute atomic E-state index is 0.0690. The number of hydrogen-bond acceptors (Lipinski definition) is 2. The predicted molar refractivity (Wildman–Crippen MR) is 72.2 cm³/mol. The van der Waals surface area contributed by atoms with E-state index in [0.717, 1.165) is 27.6 Å². The smallest absolute Gasteiger partial charge is 0.303 e. The molecular weight excluding hydrogens is 250 g/mol. The van der Waals surface area contributed by atoms with Crippen molar-refractivity contribution in [2.24, 2.45) is 0 Å². The Morgan fingerprint density at radius 1 is 1.39 bits per heavy atom. The van der Waals surface area contributed by atoms with Crippen LogP contribution in [-0.2, 0) is 11.2 Å². The topological polar surface area (TPSA) is 50.2 Å². The van der Waals surface area contributed by atoms with Crippen molar-refractivity contribution in [3.8, 4) is 0 Å². The van der Waals surface area contributed by atoms with Gasteiger partial charge in [0.25, 0.3) is 0 Å². The Morgan fingerprint density at radius 2 is 2.11 bits per heavy atom. The molecule has 2 aromatic rings. The number of carbonyl (C=O) groups is 1. The second-order valence-corrected chi connectivity index (χ2v) is 4.73. The number of carboxylic acid groups (broad SMARTS) is 1. The first kappa shape index (κ1) is 12.8. The van der Waals surface area contributed by atoms with Crippen molar-refractivity contribution in [1.29, 1.82) is 0 Å². The summed E-state index contributed by atoms with van der Waals surface area (Å²) in [4.78, 5) is 15.0. The molecule has 0 unspecified atom stereocenters. The molecule has 0 radical (unpaired) electrons. The molecule has 18 heavy (non-hydrogen) atoms. The number of halogens is 1. The lowest BCUT2D eigenvalue weighted by Crippen LogP contribution is -2.02. The summed E-state index contributed by atoms with van der Waals surface area (Å²) in [5, 5.41) is 10.2. The van der Waals surface area contributed by atoms with Crippen LogP contribution in [0.4, 0.5) is 0 Å². The van der Waals surface area contributed by atoms with E-state index in [1.54, 1.807) is 0 Å². The van der Waals surface area contributed by atoms with Crippen molar-refractivity contribution in [3.63, 3.8) is 0 Å². The van der Waals surface area contributed by atoms with Gasteiger partial charge in [-0.05, 0) is 37.0 Å². The third kappa shape index (κ3) is 2.31. The number of hydrogen-bond donors (Lipinski definition) is 1. The van der Waals surface area contributed by atoms with E-state index in [0.29, 0.717) is 11.6 Å². The molecule has 0 fully saturated rings. The average Bonchev–Trinajstić information content (AvgIpc) is 2.30. The third-order valence-electron chi connectivity index (χ3n) is 3.14. The standard InChI is InChI=1S/C14H14ClNO2/c1-8-4-3-5-10-9(2)11(6-7-12(17)18)14(15)16-13(8)10/h3-5H,6-7H2,1-2H3,(H,17,18). The number of nitrogens with zero attached hydrogens (tertiary/aromatic N) is 1. The van der Waals surface area contributed by atoms with Gasteiger partial charge in [-0.2, -0.15) is 0 Å². The van der Waals surface area contributed by atoms with Crippen LogP contribution in [0.1, 0.15) is 23.1 Å². The van der Waals surface area contributed by atoms with Gasteiger partial charge in [-0.1, -0.05) is 29.8 Å². The molecule has 94 valence electrons. The fourth-order valence-electron chi connectivity index (χ4n) is 2.12. The molecule has 3 nitrogen and oxygen atoms in total. The van der Waals surface area contributed by atoms with Gasteiger partial charge in [-0.15, -0.1) is 0 Å². The van der Waals surface area contributed by atoms with Crippen LogP contribution in [0, 0.1) is 13.8 Å². The van der Waals surface area contributed by atoms with Crippen molar-refractivity contribution >= 4 is 28.5 Å². The molecule has 1 N–H and O–H groups in total. The zero-order valence-electron chi connectivity index (χ0n) is 10.3. The first-order chi connectivity index (χ1) is 8.50. The van der Waals surface area contributed by atoms with Crippen molar-refractivity contribution in [1.82, 2.24) is 4.98 Å². The quantitative estimate of drug-likeness (QED) is 0.862. The van der Waals surface area contributed by atoms with E-state index in [1.807, 2.05) is 32.0 Å². The van der Waals surface area contributed by atoms with Crippen molar-refractivity contribution < 1.29 is 9.90 Å². The molecule has 0 saturated carbocycles. The molecule has 0 atom stereocenters. The van der Waals surface area contributed by atoms with Crippen LogP contribution in [0.25, 0.3) is 10.9 Å². The average molecular weight is 264 g/mol. The second-order valence-electron chi connectivity index (χ2n) is 4.37. The van der Waals surface area contributed by atoms with Gasteiger partial charge in [0.15, 0.2) is 0 Å². The van der Waals surface area contributed by atoms with Gasteiger partial charge in [-0.3, -0.25) is 4.79 Å². The van der Waals surface area contributed by atoms with Crippen LogP contribution in [0.5, 0.6) is 0 Å². The van der Waals surface area contributed by atoms with E-state index in [9.17, 15) is 4.79 Å². The molecule has 4 heteroatoms. The highest BCUT2D eigenvalue weighted by Gasteiger charge is 2.12. The van der Waals surface area contributed by atoms with Crippen molar-refractivity contribution in [2.75, 3.05) is 0 Å². The third-order valence-corrected chi connectivity index (χ3v) is 3.45. The molecular formula is C14H14ClNO2. The molecule has 2 rings (SSSR count). The number of fused-ring (bicyclic) bond motifs is 1. The molecule has 0 aliphatic heterocycles. The predicted octanol–water partition coefficient (Wildman–Crippen LogP) is 3.52. The Bertz CT molecular complexity index is 623. The lowest BCUT2D eigenvalue weighted by atomic mass is 10.00. The van der Waals surface area contributed by atoms with Crippen molar-refractivity contribution in [2.45, 2.75) is 26.7 Å². The monoisotopic (exact) mass is 263 g/mol. The summed E-state index contributed by atoms with van der Waals surface area (Å²) >= 11 is 6.16. The maximum Gasteiger partial charge on any atom is 0.303 e. The van der Waals surface area contributed by atoms with Crippen LogP contribution < -0.4 is 0 Å². The number of aromatic nitrogens is 1. The summed E-state index contributed by atoms with van der Waals surface area (Å²) in [6.45, 7) is 3.95. The normalized spacial score (nSPS) is 10.8. The number of carboxylic acids is 1. The van der Waals surface area contributed by atoms with Crippen LogP contribution in [0.2, 0.25) is 5.15 Å². The number of rotatable bonds is 3. The van der Waals surface area contributed by atoms with Gasteiger partial charge in [0, 0.05) is 11.8 Å². The Labute approximate surface area is 110 Å². The highest BCUT2D eigenvalue weighted by Crippen LogP contribution is 2.28. The summed E-state index contributed by atoms with van der Waals surface area (Å²) in [5.74, 6) is -0.824. The van der Waals surface area contributed by atoms with Gasteiger partial charge in [0.05, 0.1) is 5.52 Å². The summed E-state index contributed by atoms with van der Waals surface area (Å²) in [6.07, 6.45) is 0.483. The van der Waals surface area contributed by atoms with Gasteiger partial charge >= 0.3 is 5.97 Å². The molecule has 0 aliphatic carbocycles. The SMILES string of the molecule is Cc1c(CCC(=O)O)c(Cl)nc2c(C)cccc12. The van der Waals surface area contributed by atoms with Gasteiger partial charge in [0.1, 0.15) is 5.15 Å². The fraction of sp³-hybridized carbons (Fsp3) is 0.286. The number of para-hydroxylation sites is 1. The van der Waals surface area contributed by atoms with E-state index in [4.69, 9.17) is 16.7 Å².